The predicted octanol–water partition coefficient (Wildman–Crippen LogP) is 8.72. The van der Waals surface area contributed by atoms with Crippen molar-refractivity contribution in [3.05, 3.63) is 109 Å². The summed E-state index contributed by atoms with van der Waals surface area (Å²) in [5, 5.41) is 46.5. The summed E-state index contributed by atoms with van der Waals surface area (Å²) >= 11 is 0. The molecule has 1 aromatic heterocycles. The number of unbranched alkanes of at least 4 members (excludes halogenated alkanes) is 2. The molecule has 2 saturated heterocycles. The monoisotopic (exact) mass is 1400 g/mol. The SMILES string of the molecule is CO[C@H]1/C=C/O[C@@]2(C)Oc3c(C)c(O)c4c(=O)c(c5oc6cc(N7CCC(NC(=O)OCc8ccc(NC(=O)C(C)CC(=O)C(C)NC(=O)CCCCCN9C(=O)CC(C)C9=O)cc8)CC7)cc(=O)c6nc5c4c3=C2O)NC(=O)/C(C)=C\C=C\[C@H](C)[C@H](O)[C@@H](C)[C@@H](C)[C@@H](C)[C@H](OC(C)=O)[C@@H]1C. The van der Waals surface area contributed by atoms with Gasteiger partial charge in [-0.05, 0) is 88.0 Å². The number of methoxy groups -OCH3 is 1. The van der Waals surface area contributed by atoms with Gasteiger partial charge >= 0.3 is 17.8 Å². The van der Waals surface area contributed by atoms with Crippen molar-refractivity contribution >= 4 is 103 Å². The minimum absolute atomic E-state index is 0.0236. The van der Waals surface area contributed by atoms with Crippen molar-refractivity contribution in [3.63, 3.8) is 0 Å². The summed E-state index contributed by atoms with van der Waals surface area (Å²) in [6, 6.07) is 8.47. The highest BCUT2D eigenvalue weighted by atomic mass is 16.7. The molecule has 4 aliphatic rings. The van der Waals surface area contributed by atoms with Crippen molar-refractivity contribution in [2.45, 2.75) is 177 Å². The fourth-order valence-electron chi connectivity index (χ4n) is 13.6. The van der Waals surface area contributed by atoms with Gasteiger partial charge in [0.05, 0.1) is 35.1 Å². The first-order chi connectivity index (χ1) is 47.8. The highest BCUT2D eigenvalue weighted by Crippen LogP contribution is 2.43. The zero-order valence-electron chi connectivity index (χ0n) is 59.5. The third-order valence-electron chi connectivity index (χ3n) is 20.3. The van der Waals surface area contributed by atoms with Crippen molar-refractivity contribution in [1.29, 1.82) is 0 Å². The Kier molecular flexibility index (Phi) is 23.8. The normalized spacial score (nSPS) is 25.6. The first-order valence-electron chi connectivity index (χ1n) is 34.5. The van der Waals surface area contributed by atoms with Gasteiger partial charge in [-0.15, -0.1) is 0 Å². The van der Waals surface area contributed by atoms with Gasteiger partial charge in [-0.3, -0.25) is 48.1 Å². The summed E-state index contributed by atoms with van der Waals surface area (Å²) in [6.45, 7) is 21.1. The Morgan fingerprint density at radius 1 is 0.871 bits per heavy atom. The number of nitrogens with one attached hydrogen (secondary N) is 4. The largest absolute Gasteiger partial charge is 0.507 e. The molecule has 4 bridgehead atoms. The lowest BCUT2D eigenvalue weighted by Crippen LogP contribution is -2.45. The smallest absolute Gasteiger partial charge is 0.407 e. The molecule has 0 radical (unpaired) electrons. The van der Waals surface area contributed by atoms with Gasteiger partial charge in [-0.25, -0.2) is 9.78 Å². The van der Waals surface area contributed by atoms with E-state index in [2.05, 4.69) is 21.3 Å². The molecule has 0 spiro atoms. The van der Waals surface area contributed by atoms with Crippen molar-refractivity contribution in [2.75, 3.05) is 42.3 Å². The Bertz CT molecular complexity index is 4330. The number of Topliss-reactive ketones (excluding diaryl/α,β-unsaturated/α-hetero) is 1. The maximum atomic E-state index is 15.1. The lowest BCUT2D eigenvalue weighted by molar-refractivity contribution is -0.157. The van der Waals surface area contributed by atoms with Crippen LogP contribution < -0.4 is 47.0 Å². The Balaban J connectivity index is 0.874. The molecule has 4 aliphatic heterocycles. The number of esters is 1. The van der Waals surface area contributed by atoms with Crippen molar-refractivity contribution in [2.24, 2.45) is 41.4 Å². The molecule has 26 heteroatoms. The number of hydrogen-bond acceptors (Lipinski definition) is 21. The molecule has 542 valence electrons. The van der Waals surface area contributed by atoms with E-state index in [1.54, 1.807) is 69.3 Å². The third-order valence-corrected chi connectivity index (χ3v) is 20.3. The number of piperidine rings is 1. The summed E-state index contributed by atoms with van der Waals surface area (Å²) in [4.78, 5) is 140. The predicted molar refractivity (Wildman–Crippen MR) is 377 cm³/mol. The number of aliphatic hydroxyl groups excluding tert-OH is 2. The van der Waals surface area contributed by atoms with Crippen LogP contribution in [0.1, 0.15) is 139 Å². The van der Waals surface area contributed by atoms with E-state index in [1.165, 1.54) is 58.1 Å². The molecular weight excluding hydrogens is 1300 g/mol. The van der Waals surface area contributed by atoms with Crippen molar-refractivity contribution in [3.8, 4) is 11.5 Å². The first-order valence-corrected chi connectivity index (χ1v) is 34.5. The van der Waals surface area contributed by atoms with Crippen LogP contribution in [0, 0.1) is 48.3 Å². The molecule has 2 fully saturated rings. The second-order valence-corrected chi connectivity index (χ2v) is 27.7. The molecule has 101 heavy (non-hydrogen) atoms. The first kappa shape index (κ1) is 75.5. The number of aromatic hydroxyl groups is 1. The topological polar surface area (TPSA) is 358 Å². The number of carbonyl (C=O) groups is 8. The number of allylic oxidation sites excluding steroid dienone is 2. The molecule has 0 saturated carbocycles. The van der Waals surface area contributed by atoms with E-state index in [9.17, 15) is 58.5 Å². The fourth-order valence-corrected chi connectivity index (χ4v) is 13.6. The highest BCUT2D eigenvalue weighted by Gasteiger charge is 2.45. The van der Waals surface area contributed by atoms with Gasteiger partial charge < -0.3 is 69.6 Å². The zero-order chi connectivity index (χ0) is 73.6. The third kappa shape index (κ3) is 16.7. The average Bonchev–Trinajstić information content (AvgIpc) is 1.67. The summed E-state index contributed by atoms with van der Waals surface area (Å²) in [6.07, 6.45) is 7.61. The molecule has 5 heterocycles. The lowest BCUT2D eigenvalue weighted by Gasteiger charge is -2.39. The lowest BCUT2D eigenvalue weighted by atomic mass is 9.73. The number of alkyl carbamates (subject to hydrolysis) is 1. The van der Waals surface area contributed by atoms with Crippen LogP contribution in [0.2, 0.25) is 0 Å². The highest BCUT2D eigenvalue weighted by molar-refractivity contribution is 6.17. The zero-order valence-corrected chi connectivity index (χ0v) is 59.5. The summed E-state index contributed by atoms with van der Waals surface area (Å²) in [5.74, 6) is -8.59. The van der Waals surface area contributed by atoms with Crippen molar-refractivity contribution in [1.82, 2.24) is 20.5 Å². The number of fused-ring (bicyclic) bond motifs is 2. The number of carbonyl (C=O) groups excluding carboxylic acids is 8. The number of benzene rings is 4. The molecule has 9 rings (SSSR count). The molecule has 26 nitrogen and oxygen atoms in total. The van der Waals surface area contributed by atoms with Crippen LogP contribution in [0.15, 0.2) is 86.5 Å². The molecular formula is C75H93N7O19. The van der Waals surface area contributed by atoms with Gasteiger partial charge in [0.1, 0.15) is 35.4 Å². The number of imide groups is 1. The van der Waals surface area contributed by atoms with E-state index < -0.39 is 99.8 Å². The standard InChI is InChI=1S/C75H93N7O19/c1-37-18-17-19-38(2)71(92)80-63-66(90)59-58(60-68(45(9)65(59)89)101-75(12,70(60)91)98-31-27-54(96-13)44(8)67(99-47(11)83)43(7)41(5)42(6)64(37)88)62-69(63)100-55-35-51(34-53(85)61(55)79-62)81-29-25-50(26-30-81)78-74(95)97-36-48-21-23-49(24-22-48)77-72(93)39(3)32-52(84)46(10)76-56(86)20-15-14-16-28-82-57(87)33-40(4)73(82)94/h17-19,21-24,27,31,34-35,37,39-44,46,50,54,64,67,88-89,91H,14-16,20,25-26,28-30,32-33,36H2,1-13H3,(H,76,86)(H,77,93)(H,78,95)(H,80,92)/b18-17+,31-27+,38-19-/t37-,39?,40?,41+,42-,43+,44+,46?,54-,64-,67-,75-/m0/s1. The number of hydrogen-bond donors (Lipinski definition) is 7. The van der Waals surface area contributed by atoms with Gasteiger partial charge in [0.25, 0.3) is 5.91 Å². The summed E-state index contributed by atoms with van der Waals surface area (Å²) in [7, 11) is 1.48. The number of ketones is 1. The number of rotatable bonds is 18. The van der Waals surface area contributed by atoms with Gasteiger partial charge in [-0.1, -0.05) is 85.2 Å². The Morgan fingerprint density at radius 3 is 2.24 bits per heavy atom. The number of nitrogens with zero attached hydrogens (tertiary/aromatic N) is 3. The average molecular weight is 1400 g/mol. The molecule has 0 aliphatic carbocycles. The van der Waals surface area contributed by atoms with Crippen LogP contribution >= 0.6 is 0 Å². The molecule has 5 aromatic rings. The van der Waals surface area contributed by atoms with Crippen LogP contribution in [0.5, 0.6) is 11.5 Å². The van der Waals surface area contributed by atoms with Crippen LogP contribution in [-0.2, 0) is 59.1 Å². The number of ether oxygens (including phenoxy) is 5. The number of likely N-dealkylation sites (tertiary alicyclic amines) is 1. The number of aromatic nitrogens is 1. The van der Waals surface area contributed by atoms with E-state index in [-0.39, 0.29) is 134 Å². The minimum Gasteiger partial charge on any atom is -0.507 e. The number of amides is 6. The number of phenols is 1. The van der Waals surface area contributed by atoms with E-state index >= 15 is 4.79 Å². The van der Waals surface area contributed by atoms with Crippen LogP contribution in [0.25, 0.3) is 38.7 Å². The Labute approximate surface area is 584 Å². The molecule has 3 unspecified atom stereocenters. The second kappa shape index (κ2) is 31.9. The summed E-state index contributed by atoms with van der Waals surface area (Å²) in [5.41, 5.74) is -1.06. The Hall–Kier alpha value is -9.69. The van der Waals surface area contributed by atoms with E-state index in [0.29, 0.717) is 68.7 Å². The van der Waals surface area contributed by atoms with Gasteiger partial charge in [-0.2, -0.15) is 0 Å². The number of anilines is 3. The van der Waals surface area contributed by atoms with E-state index in [1.807, 2.05) is 39.5 Å². The van der Waals surface area contributed by atoms with Gasteiger partial charge in [0.2, 0.25) is 34.5 Å². The van der Waals surface area contributed by atoms with Gasteiger partial charge in [0, 0.05) is 130 Å². The maximum absolute atomic E-state index is 15.1. The van der Waals surface area contributed by atoms with E-state index in [4.69, 9.17) is 33.1 Å². The van der Waals surface area contributed by atoms with Crippen LogP contribution in [-0.4, -0.2) is 136 Å². The number of aliphatic hydroxyl groups is 2. The van der Waals surface area contributed by atoms with Crippen molar-refractivity contribution < 1.29 is 81.8 Å². The Morgan fingerprint density at radius 2 is 1.57 bits per heavy atom. The second-order valence-electron chi connectivity index (χ2n) is 27.7. The van der Waals surface area contributed by atoms with Crippen LogP contribution in [0.4, 0.5) is 21.9 Å². The summed E-state index contributed by atoms with van der Waals surface area (Å²) < 4.78 is 36.6. The fraction of sp³-hybridized carbons (Fsp3) is 0.507. The molecule has 6 amide bonds. The van der Waals surface area contributed by atoms with Gasteiger partial charge in [0.15, 0.2) is 28.2 Å². The molecule has 7 N–H and O–H groups in total. The maximum Gasteiger partial charge on any atom is 0.407 e. The minimum atomic E-state index is -2.02. The molecule has 4 aromatic carbocycles. The molecule has 12 atom stereocenters. The quantitative estimate of drug-likeness (QED) is 0.0142. The van der Waals surface area contributed by atoms with E-state index in [0.717, 1.165) is 0 Å². The number of phenolic OH excluding ortho intramolecular Hbond substituents is 1. The van der Waals surface area contributed by atoms with Crippen LogP contribution in [0.3, 0.4) is 0 Å².